The van der Waals surface area contributed by atoms with E-state index in [1.54, 1.807) is 42.8 Å². The van der Waals surface area contributed by atoms with Crippen molar-refractivity contribution in [3.05, 3.63) is 87.0 Å². The van der Waals surface area contributed by atoms with Gasteiger partial charge in [-0.3, -0.25) is 19.6 Å². The van der Waals surface area contributed by atoms with Gasteiger partial charge in [-0.05, 0) is 55.8 Å². The summed E-state index contributed by atoms with van der Waals surface area (Å²) in [7, 11) is 0. The molecule has 2 aromatic carbocycles. The minimum absolute atomic E-state index is 0.0188. The SMILES string of the molecule is Cc1nn(Cc2ccc(C(=O)Nc3ccc(F)cc3)cc2)c(C)c1[N+](=O)[O-]. The third kappa shape index (κ3) is 4.00. The molecule has 3 rings (SSSR count). The zero-order valence-corrected chi connectivity index (χ0v) is 14.8. The number of anilines is 1. The van der Waals surface area contributed by atoms with E-state index in [2.05, 4.69) is 10.4 Å². The van der Waals surface area contributed by atoms with Gasteiger partial charge in [-0.25, -0.2) is 4.39 Å². The van der Waals surface area contributed by atoms with E-state index in [4.69, 9.17) is 0 Å². The van der Waals surface area contributed by atoms with E-state index in [-0.39, 0.29) is 17.4 Å². The van der Waals surface area contributed by atoms with Crippen LogP contribution in [0.1, 0.15) is 27.3 Å². The molecule has 0 saturated heterocycles. The number of nitro groups is 1. The molecule has 7 nitrogen and oxygen atoms in total. The first kappa shape index (κ1) is 18.2. The number of hydrogen-bond acceptors (Lipinski definition) is 4. The standard InChI is InChI=1S/C19H17FN4O3/c1-12-18(24(26)27)13(2)23(22-12)11-14-3-5-15(6-4-14)19(25)21-17-9-7-16(20)8-10-17/h3-10H,11H2,1-2H3,(H,21,25). The molecule has 1 N–H and O–H groups in total. The highest BCUT2D eigenvalue weighted by molar-refractivity contribution is 6.04. The first-order chi connectivity index (χ1) is 12.8. The number of carbonyl (C=O) groups excluding carboxylic acids is 1. The van der Waals surface area contributed by atoms with Gasteiger partial charge >= 0.3 is 5.69 Å². The lowest BCUT2D eigenvalue weighted by Crippen LogP contribution is -2.12. The van der Waals surface area contributed by atoms with Crippen molar-refractivity contribution >= 4 is 17.3 Å². The van der Waals surface area contributed by atoms with Crippen LogP contribution < -0.4 is 5.32 Å². The molecule has 0 aliphatic carbocycles. The maximum atomic E-state index is 12.9. The summed E-state index contributed by atoms with van der Waals surface area (Å²) in [4.78, 5) is 22.9. The van der Waals surface area contributed by atoms with Crippen molar-refractivity contribution in [3.8, 4) is 0 Å². The van der Waals surface area contributed by atoms with Crippen LogP contribution in [0.5, 0.6) is 0 Å². The molecule has 0 fully saturated rings. The zero-order chi connectivity index (χ0) is 19.6. The van der Waals surface area contributed by atoms with Gasteiger partial charge in [0.2, 0.25) is 0 Å². The molecule has 138 valence electrons. The van der Waals surface area contributed by atoms with E-state index < -0.39 is 4.92 Å². The van der Waals surface area contributed by atoms with E-state index in [9.17, 15) is 19.3 Å². The highest BCUT2D eigenvalue weighted by Crippen LogP contribution is 2.22. The van der Waals surface area contributed by atoms with Crippen molar-refractivity contribution < 1.29 is 14.1 Å². The minimum atomic E-state index is -0.433. The second kappa shape index (κ2) is 7.36. The van der Waals surface area contributed by atoms with Crippen molar-refractivity contribution in [2.24, 2.45) is 0 Å². The summed E-state index contributed by atoms with van der Waals surface area (Å²) in [6, 6.07) is 12.4. The molecular weight excluding hydrogens is 351 g/mol. The van der Waals surface area contributed by atoms with Crippen LogP contribution in [0.15, 0.2) is 48.5 Å². The summed E-state index contributed by atoms with van der Waals surface area (Å²) in [5.74, 6) is -0.684. The summed E-state index contributed by atoms with van der Waals surface area (Å²) >= 11 is 0. The number of hydrogen-bond donors (Lipinski definition) is 1. The maximum Gasteiger partial charge on any atom is 0.312 e. The molecule has 0 atom stereocenters. The van der Waals surface area contributed by atoms with Crippen LogP contribution in [0.2, 0.25) is 0 Å². The molecule has 0 spiro atoms. The zero-order valence-electron chi connectivity index (χ0n) is 14.8. The van der Waals surface area contributed by atoms with Gasteiger partial charge in [-0.2, -0.15) is 5.10 Å². The Bertz CT molecular complexity index is 995. The summed E-state index contributed by atoms with van der Waals surface area (Å²) in [5.41, 5.74) is 2.67. The van der Waals surface area contributed by atoms with Gasteiger partial charge in [-0.1, -0.05) is 12.1 Å². The Morgan fingerprint density at radius 3 is 2.33 bits per heavy atom. The van der Waals surface area contributed by atoms with E-state index in [1.807, 2.05) is 0 Å². The Labute approximate surface area is 154 Å². The number of aryl methyl sites for hydroxylation is 1. The van der Waals surface area contributed by atoms with Crippen LogP contribution in [-0.2, 0) is 6.54 Å². The first-order valence-electron chi connectivity index (χ1n) is 8.19. The van der Waals surface area contributed by atoms with E-state index >= 15 is 0 Å². The summed E-state index contributed by atoms with van der Waals surface area (Å²) in [6.07, 6.45) is 0. The van der Waals surface area contributed by atoms with Gasteiger partial charge in [0.25, 0.3) is 5.91 Å². The Kier molecular flexibility index (Phi) is 4.98. The largest absolute Gasteiger partial charge is 0.322 e. The number of carbonyl (C=O) groups is 1. The van der Waals surface area contributed by atoms with Gasteiger partial charge in [0.1, 0.15) is 17.2 Å². The molecule has 0 saturated carbocycles. The molecule has 1 heterocycles. The van der Waals surface area contributed by atoms with Crippen molar-refractivity contribution in [2.45, 2.75) is 20.4 Å². The van der Waals surface area contributed by atoms with Gasteiger partial charge in [-0.15, -0.1) is 0 Å². The van der Waals surface area contributed by atoms with Gasteiger partial charge in [0.15, 0.2) is 0 Å². The fraction of sp³-hybridized carbons (Fsp3) is 0.158. The highest BCUT2D eigenvalue weighted by atomic mass is 19.1. The fourth-order valence-electron chi connectivity index (χ4n) is 2.78. The summed E-state index contributed by atoms with van der Waals surface area (Å²) in [6.45, 7) is 3.62. The van der Waals surface area contributed by atoms with Crippen LogP contribution in [0.4, 0.5) is 15.8 Å². The topological polar surface area (TPSA) is 90.1 Å². The summed E-state index contributed by atoms with van der Waals surface area (Å²) in [5, 5.41) is 18.0. The number of nitrogens with one attached hydrogen (secondary N) is 1. The van der Waals surface area contributed by atoms with Crippen LogP contribution in [0, 0.1) is 29.8 Å². The van der Waals surface area contributed by atoms with Crippen LogP contribution in [0.3, 0.4) is 0 Å². The number of halogens is 1. The lowest BCUT2D eigenvalue weighted by Gasteiger charge is -2.07. The van der Waals surface area contributed by atoms with Crippen LogP contribution in [-0.4, -0.2) is 20.6 Å². The van der Waals surface area contributed by atoms with E-state index in [1.165, 1.54) is 24.3 Å². The third-order valence-electron chi connectivity index (χ3n) is 4.18. The minimum Gasteiger partial charge on any atom is -0.322 e. The lowest BCUT2D eigenvalue weighted by molar-refractivity contribution is -0.386. The average Bonchev–Trinajstić information content (AvgIpc) is 2.91. The third-order valence-corrected chi connectivity index (χ3v) is 4.18. The number of amides is 1. The van der Waals surface area contributed by atoms with Crippen molar-refractivity contribution in [1.29, 1.82) is 0 Å². The molecule has 1 amide bonds. The molecule has 0 aliphatic rings. The van der Waals surface area contributed by atoms with Crippen molar-refractivity contribution in [1.82, 2.24) is 9.78 Å². The summed E-state index contributed by atoms with van der Waals surface area (Å²) < 4.78 is 14.5. The molecule has 27 heavy (non-hydrogen) atoms. The van der Waals surface area contributed by atoms with Crippen LogP contribution >= 0.6 is 0 Å². The Morgan fingerprint density at radius 1 is 1.15 bits per heavy atom. The monoisotopic (exact) mass is 368 g/mol. The fourth-order valence-corrected chi connectivity index (χ4v) is 2.78. The molecular formula is C19H17FN4O3. The lowest BCUT2D eigenvalue weighted by atomic mass is 10.1. The normalized spacial score (nSPS) is 10.6. The predicted octanol–water partition coefficient (Wildman–Crippen LogP) is 3.85. The molecule has 0 unspecified atom stereocenters. The predicted molar refractivity (Wildman–Crippen MR) is 98.3 cm³/mol. The maximum absolute atomic E-state index is 12.9. The molecule has 0 aliphatic heterocycles. The van der Waals surface area contributed by atoms with Crippen LogP contribution in [0.25, 0.3) is 0 Å². The molecule has 1 aromatic heterocycles. The first-order valence-corrected chi connectivity index (χ1v) is 8.19. The second-order valence-electron chi connectivity index (χ2n) is 6.09. The molecule has 0 bridgehead atoms. The number of rotatable bonds is 5. The highest BCUT2D eigenvalue weighted by Gasteiger charge is 2.21. The molecule has 8 heteroatoms. The average molecular weight is 368 g/mol. The Balaban J connectivity index is 1.72. The van der Waals surface area contributed by atoms with Gasteiger partial charge in [0.05, 0.1) is 11.5 Å². The number of benzene rings is 2. The Hall–Kier alpha value is -3.55. The van der Waals surface area contributed by atoms with Crippen molar-refractivity contribution in [2.75, 3.05) is 5.32 Å². The number of aromatic nitrogens is 2. The van der Waals surface area contributed by atoms with E-state index in [0.29, 0.717) is 29.2 Å². The molecule has 3 aromatic rings. The van der Waals surface area contributed by atoms with E-state index in [0.717, 1.165) is 5.56 Å². The van der Waals surface area contributed by atoms with Crippen molar-refractivity contribution in [3.63, 3.8) is 0 Å². The smallest absolute Gasteiger partial charge is 0.312 e. The quantitative estimate of drug-likeness (QED) is 0.547. The van der Waals surface area contributed by atoms with Gasteiger partial charge in [0, 0.05) is 11.3 Å². The second-order valence-corrected chi connectivity index (χ2v) is 6.09. The number of nitrogens with zero attached hydrogens (tertiary/aromatic N) is 3. The Morgan fingerprint density at radius 2 is 1.78 bits per heavy atom. The molecule has 0 radical (unpaired) electrons. The van der Waals surface area contributed by atoms with Gasteiger partial charge < -0.3 is 5.32 Å².